The van der Waals surface area contributed by atoms with Gasteiger partial charge in [0.2, 0.25) is 0 Å². The lowest BCUT2D eigenvalue weighted by atomic mass is 10.1. The van der Waals surface area contributed by atoms with E-state index in [-0.39, 0.29) is 23.5 Å². The number of phosphoric ester groups is 1. The van der Waals surface area contributed by atoms with E-state index in [1.807, 2.05) is 0 Å². The molecule has 0 radical (unpaired) electrons. The maximum Gasteiger partial charge on any atom is 0.490 e. The van der Waals surface area contributed by atoms with Gasteiger partial charge in [-0.05, 0) is 25.1 Å². The molecular formula is C17H24N5O14P3. The van der Waals surface area contributed by atoms with Crippen LogP contribution in [0.2, 0.25) is 0 Å². The predicted octanol–water partition coefficient (Wildman–Crippen LogP) is 0.0966. The van der Waals surface area contributed by atoms with Crippen LogP contribution in [-0.2, 0) is 36.3 Å². The van der Waals surface area contributed by atoms with Gasteiger partial charge in [0.25, 0.3) is 0 Å². The monoisotopic (exact) mass is 615 g/mol. The SMILES string of the molecule is CC(N)c1ncccc1C(=O)O[C@@H]1C[C@H](n2ccc(N)nc2=O)OC1COP(=O)(O)OP(=O)(O)OP(=O)(O)O. The lowest BCUT2D eigenvalue weighted by Gasteiger charge is -2.21. The van der Waals surface area contributed by atoms with Crippen molar-refractivity contribution < 1.29 is 60.7 Å². The van der Waals surface area contributed by atoms with E-state index in [4.69, 9.17) is 30.7 Å². The quantitative estimate of drug-likeness (QED) is 0.144. The molecule has 39 heavy (non-hydrogen) atoms. The number of ether oxygens (including phenoxy) is 2. The minimum absolute atomic E-state index is 0.00824. The number of carbonyl (C=O) groups excluding carboxylic acids is 1. The summed E-state index contributed by atoms with van der Waals surface area (Å²) in [5, 5.41) is 0. The van der Waals surface area contributed by atoms with Gasteiger partial charge in [-0.25, -0.2) is 23.3 Å². The van der Waals surface area contributed by atoms with E-state index >= 15 is 0 Å². The summed E-state index contributed by atoms with van der Waals surface area (Å²) in [4.78, 5) is 69.2. The Morgan fingerprint density at radius 1 is 1.21 bits per heavy atom. The molecule has 19 nitrogen and oxygen atoms in total. The number of hydrogen-bond acceptors (Lipinski definition) is 14. The first kappa shape index (κ1) is 31.2. The van der Waals surface area contributed by atoms with Gasteiger partial charge in [0, 0.05) is 24.9 Å². The van der Waals surface area contributed by atoms with Crippen LogP contribution in [0.3, 0.4) is 0 Å². The van der Waals surface area contributed by atoms with Crippen molar-refractivity contribution in [1.82, 2.24) is 14.5 Å². The summed E-state index contributed by atoms with van der Waals surface area (Å²) in [5.74, 6) is -0.989. The van der Waals surface area contributed by atoms with Crippen LogP contribution >= 0.6 is 23.5 Å². The molecule has 0 amide bonds. The molecule has 6 atom stereocenters. The first-order valence-electron chi connectivity index (χ1n) is 10.7. The number of hydrogen-bond donors (Lipinski definition) is 6. The van der Waals surface area contributed by atoms with Gasteiger partial charge < -0.3 is 40.5 Å². The Bertz CT molecular complexity index is 1410. The van der Waals surface area contributed by atoms with E-state index in [1.54, 1.807) is 6.92 Å². The molecule has 0 saturated carbocycles. The van der Waals surface area contributed by atoms with Gasteiger partial charge in [0.05, 0.1) is 17.9 Å². The first-order chi connectivity index (χ1) is 18.0. The minimum Gasteiger partial charge on any atom is -0.456 e. The number of anilines is 1. The van der Waals surface area contributed by atoms with Crippen molar-refractivity contribution in [2.24, 2.45) is 5.73 Å². The molecular weight excluding hydrogens is 591 g/mol. The normalized spacial score (nSPS) is 23.5. The number of pyridine rings is 1. The summed E-state index contributed by atoms with van der Waals surface area (Å²) in [7, 11) is -16.9. The van der Waals surface area contributed by atoms with Gasteiger partial charge in [0.1, 0.15) is 24.3 Å². The molecule has 216 valence electrons. The van der Waals surface area contributed by atoms with Crippen molar-refractivity contribution in [3.8, 4) is 0 Å². The van der Waals surface area contributed by atoms with Crippen LogP contribution in [0, 0.1) is 0 Å². The summed E-state index contributed by atoms with van der Waals surface area (Å²) in [5.41, 5.74) is 10.7. The zero-order valence-corrected chi connectivity index (χ0v) is 22.5. The molecule has 0 aromatic carbocycles. The number of nitrogen functional groups attached to an aromatic ring is 1. The van der Waals surface area contributed by atoms with Crippen molar-refractivity contribution in [2.75, 3.05) is 12.3 Å². The summed E-state index contributed by atoms with van der Waals surface area (Å²) in [6, 6.07) is 3.50. The molecule has 1 aliphatic rings. The largest absolute Gasteiger partial charge is 0.490 e. The van der Waals surface area contributed by atoms with Gasteiger partial charge in [-0.1, -0.05) is 0 Å². The molecule has 0 spiro atoms. The van der Waals surface area contributed by atoms with Gasteiger partial charge in [-0.15, -0.1) is 0 Å². The summed E-state index contributed by atoms with van der Waals surface area (Å²) >= 11 is 0. The summed E-state index contributed by atoms with van der Waals surface area (Å²) < 4.78 is 58.7. The van der Waals surface area contributed by atoms with Crippen LogP contribution < -0.4 is 17.2 Å². The third kappa shape index (κ3) is 8.81. The number of nitrogens with zero attached hydrogens (tertiary/aromatic N) is 3. The Kier molecular flexibility index (Phi) is 9.60. The highest BCUT2D eigenvalue weighted by Gasteiger charge is 2.44. The predicted molar refractivity (Wildman–Crippen MR) is 127 cm³/mol. The molecule has 2 aromatic rings. The smallest absolute Gasteiger partial charge is 0.456 e. The number of aromatic nitrogens is 3. The van der Waals surface area contributed by atoms with E-state index in [1.165, 1.54) is 30.6 Å². The van der Waals surface area contributed by atoms with E-state index in [9.17, 15) is 33.1 Å². The van der Waals surface area contributed by atoms with Crippen LogP contribution in [0.25, 0.3) is 0 Å². The lowest BCUT2D eigenvalue weighted by Crippen LogP contribution is -2.31. The third-order valence-electron chi connectivity index (χ3n) is 4.91. The van der Waals surface area contributed by atoms with E-state index in [2.05, 4.69) is 23.1 Å². The number of nitrogens with two attached hydrogens (primary N) is 2. The molecule has 22 heteroatoms. The average Bonchev–Trinajstić information content (AvgIpc) is 3.17. The zero-order chi connectivity index (χ0) is 29.2. The summed E-state index contributed by atoms with van der Waals surface area (Å²) in [6.07, 6.45) is -1.32. The Labute approximate surface area is 219 Å². The van der Waals surface area contributed by atoms with Crippen LogP contribution in [0.1, 0.15) is 41.7 Å². The molecule has 3 heterocycles. The fraction of sp³-hybridized carbons (Fsp3) is 0.412. The molecule has 0 bridgehead atoms. The van der Waals surface area contributed by atoms with E-state index < -0.39 is 66.2 Å². The Morgan fingerprint density at radius 3 is 2.51 bits per heavy atom. The van der Waals surface area contributed by atoms with Crippen molar-refractivity contribution in [1.29, 1.82) is 0 Å². The topological polar surface area (TPSA) is 295 Å². The van der Waals surface area contributed by atoms with Crippen molar-refractivity contribution >= 4 is 35.3 Å². The van der Waals surface area contributed by atoms with Gasteiger partial charge in [-0.2, -0.15) is 13.6 Å². The molecule has 1 saturated heterocycles. The maximum absolute atomic E-state index is 12.9. The number of rotatable bonds is 11. The first-order valence-corrected chi connectivity index (χ1v) is 15.2. The van der Waals surface area contributed by atoms with Gasteiger partial charge in [-0.3, -0.25) is 14.1 Å². The minimum atomic E-state index is -5.77. The zero-order valence-electron chi connectivity index (χ0n) is 19.8. The third-order valence-corrected chi connectivity index (χ3v) is 8.71. The fourth-order valence-electron chi connectivity index (χ4n) is 3.42. The summed E-state index contributed by atoms with van der Waals surface area (Å²) in [6.45, 7) is 0.641. The van der Waals surface area contributed by atoms with Crippen molar-refractivity contribution in [3.05, 3.63) is 52.3 Å². The van der Waals surface area contributed by atoms with Gasteiger partial charge >= 0.3 is 35.1 Å². The Hall–Kier alpha value is -2.37. The molecule has 8 N–H and O–H groups in total. The Balaban J connectivity index is 1.82. The molecule has 0 aliphatic carbocycles. The van der Waals surface area contributed by atoms with E-state index in [0.717, 1.165) is 4.57 Å². The second-order valence-corrected chi connectivity index (χ2v) is 12.4. The molecule has 1 aliphatic heterocycles. The maximum atomic E-state index is 12.9. The second-order valence-electron chi connectivity index (χ2n) is 7.96. The standard InChI is InChI=1S/C17H24N5O14P3/c1-9(18)15-10(3-2-5-20-15)16(23)34-11-7-14(22-6-4-13(19)21-17(22)24)33-12(11)8-32-38(28,29)36-39(30,31)35-37(25,26)27/h2-6,9,11-12,14H,7-8,18H2,1H3,(H,28,29)(H,30,31)(H2,19,21,24)(H2,25,26,27)/t9?,11-,12?,14-/m1/s1. The fourth-order valence-corrected chi connectivity index (χ4v) is 6.45. The highest BCUT2D eigenvalue weighted by molar-refractivity contribution is 7.66. The number of esters is 1. The Morgan fingerprint density at radius 2 is 1.90 bits per heavy atom. The molecule has 3 rings (SSSR count). The number of phosphoric acid groups is 3. The van der Waals surface area contributed by atoms with E-state index in [0.29, 0.717) is 0 Å². The molecule has 4 unspecified atom stereocenters. The molecule has 2 aromatic heterocycles. The lowest BCUT2D eigenvalue weighted by molar-refractivity contribution is -0.0511. The van der Waals surface area contributed by atoms with Crippen LogP contribution in [-0.4, -0.2) is 58.9 Å². The van der Waals surface area contributed by atoms with Crippen molar-refractivity contribution in [3.63, 3.8) is 0 Å². The highest BCUT2D eigenvalue weighted by Crippen LogP contribution is 2.66. The molecule has 1 fully saturated rings. The second kappa shape index (κ2) is 12.0. The van der Waals surface area contributed by atoms with Gasteiger partial charge in [0.15, 0.2) is 0 Å². The van der Waals surface area contributed by atoms with Crippen LogP contribution in [0.4, 0.5) is 5.82 Å². The van der Waals surface area contributed by atoms with Crippen LogP contribution in [0.5, 0.6) is 0 Å². The van der Waals surface area contributed by atoms with Crippen LogP contribution in [0.15, 0.2) is 35.4 Å². The number of carbonyl (C=O) groups is 1. The average molecular weight is 615 g/mol. The van der Waals surface area contributed by atoms with Crippen molar-refractivity contribution in [2.45, 2.75) is 37.8 Å². The highest BCUT2D eigenvalue weighted by atomic mass is 31.3.